The minimum Gasteiger partial charge on any atom is -0.420 e. The van der Waals surface area contributed by atoms with Gasteiger partial charge in [0.1, 0.15) is 12.1 Å². The quantitative estimate of drug-likeness (QED) is 0.473. The van der Waals surface area contributed by atoms with Crippen molar-refractivity contribution in [1.29, 1.82) is 10.5 Å². The van der Waals surface area contributed by atoms with Gasteiger partial charge in [-0.25, -0.2) is 4.79 Å². The number of esters is 1. The molecule has 5 heteroatoms. The largest absolute Gasteiger partial charge is 0.420 e. The lowest BCUT2D eigenvalue weighted by Crippen LogP contribution is -1.92. The molecule has 4 nitrogen and oxygen atoms in total. The smallest absolute Gasteiger partial charge is 0.345 e. The fourth-order valence-electron chi connectivity index (χ4n) is 1.15. The average molecular weight is 202 g/mol. The van der Waals surface area contributed by atoms with Crippen LogP contribution >= 0.6 is 11.3 Å². The standard InChI is InChI=1S/C9H2N2O2S/c10-1-5(2-11)8-6-3-14-4-7(6)9(12)13-8/h3-4H. The maximum atomic E-state index is 11.2. The van der Waals surface area contributed by atoms with Crippen LogP contribution in [0, 0.1) is 22.7 Å². The van der Waals surface area contributed by atoms with Crippen molar-refractivity contribution in [2.75, 3.05) is 0 Å². The van der Waals surface area contributed by atoms with Gasteiger partial charge < -0.3 is 4.74 Å². The van der Waals surface area contributed by atoms with E-state index in [1.165, 1.54) is 11.3 Å². The number of carbonyl (C=O) groups excluding carboxylic acids is 1. The van der Waals surface area contributed by atoms with Gasteiger partial charge in [0, 0.05) is 16.3 Å². The molecule has 0 atom stereocenters. The van der Waals surface area contributed by atoms with E-state index in [1.54, 1.807) is 22.9 Å². The van der Waals surface area contributed by atoms with Crippen molar-refractivity contribution in [2.24, 2.45) is 0 Å². The Morgan fingerprint density at radius 3 is 2.57 bits per heavy atom. The molecule has 0 aromatic carbocycles. The van der Waals surface area contributed by atoms with Gasteiger partial charge in [-0.05, 0) is 0 Å². The summed E-state index contributed by atoms with van der Waals surface area (Å²) in [6.07, 6.45) is 0. The minimum absolute atomic E-state index is 0.0799. The first-order valence-electron chi connectivity index (χ1n) is 3.61. The molecule has 1 aliphatic rings. The Bertz CT molecular complexity index is 512. The van der Waals surface area contributed by atoms with Crippen LogP contribution in [0.15, 0.2) is 16.3 Å². The Hall–Kier alpha value is -2.11. The third-order valence-electron chi connectivity index (χ3n) is 1.77. The molecule has 0 aliphatic carbocycles. The second kappa shape index (κ2) is 2.99. The van der Waals surface area contributed by atoms with Crippen molar-refractivity contribution in [3.63, 3.8) is 0 Å². The summed E-state index contributed by atoms with van der Waals surface area (Å²) in [6.45, 7) is 0. The number of hydrogen-bond acceptors (Lipinski definition) is 5. The number of allylic oxidation sites excluding steroid dienone is 1. The van der Waals surface area contributed by atoms with E-state index in [2.05, 4.69) is 0 Å². The van der Waals surface area contributed by atoms with Gasteiger partial charge in [0.2, 0.25) is 0 Å². The summed E-state index contributed by atoms with van der Waals surface area (Å²) in [5.74, 6) is -0.421. The van der Waals surface area contributed by atoms with Crippen molar-refractivity contribution in [1.82, 2.24) is 0 Å². The molecule has 0 radical (unpaired) electrons. The fraction of sp³-hybridized carbons (Fsp3) is 0. The first-order chi connectivity index (χ1) is 6.77. The molecule has 1 aliphatic heterocycles. The summed E-state index contributed by atoms with van der Waals surface area (Å²) < 4.78 is 4.82. The van der Waals surface area contributed by atoms with E-state index in [0.717, 1.165) is 0 Å². The second-order valence-electron chi connectivity index (χ2n) is 2.52. The number of nitriles is 2. The van der Waals surface area contributed by atoms with Crippen LogP contribution in [0.4, 0.5) is 0 Å². The monoisotopic (exact) mass is 202 g/mol. The van der Waals surface area contributed by atoms with Gasteiger partial charge >= 0.3 is 5.97 Å². The van der Waals surface area contributed by atoms with Crippen LogP contribution in [0.1, 0.15) is 15.9 Å². The maximum Gasteiger partial charge on any atom is 0.345 e. The van der Waals surface area contributed by atoms with Gasteiger partial charge in [-0.3, -0.25) is 0 Å². The molecule has 0 bridgehead atoms. The highest BCUT2D eigenvalue weighted by molar-refractivity contribution is 7.08. The number of hydrogen-bond donors (Lipinski definition) is 0. The first-order valence-corrected chi connectivity index (χ1v) is 4.55. The molecule has 0 spiro atoms. The lowest BCUT2D eigenvalue weighted by atomic mass is 10.1. The Balaban J connectivity index is 2.68. The van der Waals surface area contributed by atoms with Crippen LogP contribution in [0.5, 0.6) is 0 Å². The predicted octanol–water partition coefficient (Wildman–Crippen LogP) is 1.68. The highest BCUT2D eigenvalue weighted by Crippen LogP contribution is 2.34. The van der Waals surface area contributed by atoms with E-state index >= 15 is 0 Å². The second-order valence-corrected chi connectivity index (χ2v) is 3.26. The van der Waals surface area contributed by atoms with Gasteiger partial charge in [-0.1, -0.05) is 0 Å². The number of thiophene rings is 1. The van der Waals surface area contributed by atoms with Gasteiger partial charge in [0.05, 0.1) is 5.56 Å². The van der Waals surface area contributed by atoms with Crippen LogP contribution < -0.4 is 0 Å². The average Bonchev–Trinajstić information content (AvgIpc) is 2.74. The molecule has 66 valence electrons. The Morgan fingerprint density at radius 1 is 1.29 bits per heavy atom. The van der Waals surface area contributed by atoms with Gasteiger partial charge in [0.15, 0.2) is 11.3 Å². The number of rotatable bonds is 0. The van der Waals surface area contributed by atoms with Crippen LogP contribution in [0.3, 0.4) is 0 Å². The molecule has 14 heavy (non-hydrogen) atoms. The number of fused-ring (bicyclic) bond motifs is 1. The number of nitrogens with zero attached hydrogens (tertiary/aromatic N) is 2. The molecule has 0 saturated carbocycles. The molecule has 0 saturated heterocycles. The molecule has 2 rings (SSSR count). The molecule has 0 amide bonds. The zero-order chi connectivity index (χ0) is 10.1. The lowest BCUT2D eigenvalue weighted by molar-refractivity contribution is 0.0715. The SMILES string of the molecule is N#CC(C#N)=C1OC(=O)c2cscc21. The molecule has 0 N–H and O–H groups in total. The zero-order valence-corrected chi connectivity index (χ0v) is 7.59. The van der Waals surface area contributed by atoms with Crippen molar-refractivity contribution in [2.45, 2.75) is 0 Å². The van der Waals surface area contributed by atoms with Crippen molar-refractivity contribution >= 4 is 23.1 Å². The van der Waals surface area contributed by atoms with Gasteiger partial charge in [-0.15, -0.1) is 0 Å². The molecule has 0 unspecified atom stereocenters. The zero-order valence-electron chi connectivity index (χ0n) is 6.77. The predicted molar refractivity (Wildman–Crippen MR) is 47.9 cm³/mol. The van der Waals surface area contributed by atoms with Crippen molar-refractivity contribution < 1.29 is 9.53 Å². The molecular formula is C9H2N2O2S. The summed E-state index contributed by atoms with van der Waals surface area (Å²) in [5.41, 5.74) is 0.793. The Morgan fingerprint density at radius 2 is 1.93 bits per heavy atom. The van der Waals surface area contributed by atoms with E-state index in [9.17, 15) is 4.79 Å². The molecule has 2 heterocycles. The molecule has 0 fully saturated rings. The highest BCUT2D eigenvalue weighted by Gasteiger charge is 2.30. The van der Waals surface area contributed by atoms with E-state index in [1.807, 2.05) is 0 Å². The lowest BCUT2D eigenvalue weighted by Gasteiger charge is -1.94. The van der Waals surface area contributed by atoms with Crippen LogP contribution in [-0.2, 0) is 4.74 Å². The van der Waals surface area contributed by atoms with Crippen molar-refractivity contribution in [3.8, 4) is 12.1 Å². The minimum atomic E-state index is -0.501. The van der Waals surface area contributed by atoms with E-state index in [4.69, 9.17) is 15.3 Å². The molecular weight excluding hydrogens is 200 g/mol. The normalized spacial score (nSPS) is 12.7. The third kappa shape index (κ3) is 1.00. The van der Waals surface area contributed by atoms with Crippen LogP contribution in [0.25, 0.3) is 5.76 Å². The Labute approximate surface area is 83.3 Å². The fourth-order valence-corrected chi connectivity index (χ4v) is 1.94. The first kappa shape index (κ1) is 8.49. The maximum absolute atomic E-state index is 11.2. The molecule has 1 aromatic heterocycles. The van der Waals surface area contributed by atoms with Gasteiger partial charge in [-0.2, -0.15) is 21.9 Å². The summed E-state index contributed by atoms with van der Waals surface area (Å²) in [4.78, 5) is 11.2. The molecule has 1 aromatic rings. The highest BCUT2D eigenvalue weighted by atomic mass is 32.1. The number of ether oxygens (including phenoxy) is 1. The summed E-state index contributed by atoms with van der Waals surface area (Å²) in [7, 11) is 0. The van der Waals surface area contributed by atoms with Crippen LogP contribution in [0.2, 0.25) is 0 Å². The summed E-state index contributed by atoms with van der Waals surface area (Å²) in [5, 5.41) is 20.6. The Kier molecular flexibility index (Phi) is 1.81. The van der Waals surface area contributed by atoms with Crippen molar-refractivity contribution in [3.05, 3.63) is 27.5 Å². The topological polar surface area (TPSA) is 73.9 Å². The van der Waals surface area contributed by atoms with E-state index in [0.29, 0.717) is 11.1 Å². The number of carbonyl (C=O) groups is 1. The van der Waals surface area contributed by atoms with E-state index < -0.39 is 5.97 Å². The third-order valence-corrected chi connectivity index (χ3v) is 2.52. The van der Waals surface area contributed by atoms with E-state index in [-0.39, 0.29) is 11.3 Å². The number of cyclic esters (lactones) is 1. The summed E-state index contributed by atoms with van der Waals surface area (Å²) >= 11 is 1.33. The van der Waals surface area contributed by atoms with Gasteiger partial charge in [0.25, 0.3) is 0 Å². The summed E-state index contributed by atoms with van der Waals surface area (Å²) in [6, 6.07) is 3.38. The van der Waals surface area contributed by atoms with Crippen LogP contribution in [-0.4, -0.2) is 5.97 Å².